The van der Waals surface area contributed by atoms with Gasteiger partial charge in [-0.05, 0) is 71.3 Å². The Bertz CT molecular complexity index is 566. The molecule has 18 heavy (non-hydrogen) atoms. The van der Waals surface area contributed by atoms with Crippen molar-refractivity contribution in [2.24, 2.45) is 0 Å². The summed E-state index contributed by atoms with van der Waals surface area (Å²) in [6.07, 6.45) is 0. The van der Waals surface area contributed by atoms with Gasteiger partial charge in [0.25, 0.3) is 0 Å². The molecule has 0 atom stereocenters. The third kappa shape index (κ3) is 3.18. The van der Waals surface area contributed by atoms with Crippen LogP contribution in [0.4, 0.5) is 5.69 Å². The summed E-state index contributed by atoms with van der Waals surface area (Å²) < 4.78 is 1.14. The summed E-state index contributed by atoms with van der Waals surface area (Å²) in [4.78, 5) is 0. The van der Waals surface area contributed by atoms with Crippen LogP contribution in [0, 0.1) is 17.4 Å². The minimum absolute atomic E-state index is 0.775. The second-order valence-corrected chi connectivity index (χ2v) is 5.94. The molecule has 2 rings (SSSR count). The van der Waals surface area contributed by atoms with Crippen molar-refractivity contribution in [1.82, 2.24) is 0 Å². The van der Waals surface area contributed by atoms with E-state index in [4.69, 9.17) is 11.6 Å². The van der Waals surface area contributed by atoms with Crippen molar-refractivity contribution in [2.75, 3.05) is 5.32 Å². The lowest BCUT2D eigenvalue weighted by molar-refractivity contribution is 1.10. The van der Waals surface area contributed by atoms with E-state index in [9.17, 15) is 0 Å². The molecule has 0 bridgehead atoms. The first kappa shape index (κ1) is 13.7. The van der Waals surface area contributed by atoms with Crippen molar-refractivity contribution in [2.45, 2.75) is 20.4 Å². The van der Waals surface area contributed by atoms with Crippen LogP contribution >= 0.6 is 34.2 Å². The van der Waals surface area contributed by atoms with Gasteiger partial charge in [-0.15, -0.1) is 0 Å². The summed E-state index contributed by atoms with van der Waals surface area (Å²) in [6, 6.07) is 12.3. The van der Waals surface area contributed by atoms with E-state index >= 15 is 0 Å². The molecule has 0 heterocycles. The molecule has 0 fully saturated rings. The Morgan fingerprint density at radius 1 is 1.17 bits per heavy atom. The molecule has 0 radical (unpaired) electrons. The molecule has 0 aliphatic rings. The van der Waals surface area contributed by atoms with Gasteiger partial charge in [0.2, 0.25) is 0 Å². The molecule has 0 aromatic heterocycles. The predicted molar refractivity (Wildman–Crippen MR) is 87.4 cm³/mol. The van der Waals surface area contributed by atoms with Crippen LogP contribution in [-0.4, -0.2) is 0 Å². The van der Waals surface area contributed by atoms with Gasteiger partial charge in [0.1, 0.15) is 0 Å². The Balaban J connectivity index is 2.14. The van der Waals surface area contributed by atoms with Gasteiger partial charge < -0.3 is 5.32 Å². The van der Waals surface area contributed by atoms with Gasteiger partial charge >= 0.3 is 0 Å². The van der Waals surface area contributed by atoms with Gasteiger partial charge in [-0.3, -0.25) is 0 Å². The molecule has 0 saturated heterocycles. The molecule has 0 amide bonds. The molecule has 94 valence electrons. The van der Waals surface area contributed by atoms with E-state index in [1.807, 2.05) is 18.2 Å². The van der Waals surface area contributed by atoms with Crippen LogP contribution in [-0.2, 0) is 6.54 Å². The molecule has 1 N–H and O–H groups in total. The number of anilines is 1. The molecule has 0 saturated carbocycles. The summed E-state index contributed by atoms with van der Waals surface area (Å²) in [7, 11) is 0. The summed E-state index contributed by atoms with van der Waals surface area (Å²) >= 11 is 8.24. The predicted octanol–water partition coefficient (Wildman–Crippen LogP) is 5.17. The number of aryl methyl sites for hydroxylation is 1. The number of hydrogen-bond acceptors (Lipinski definition) is 1. The monoisotopic (exact) mass is 371 g/mol. The lowest BCUT2D eigenvalue weighted by Gasteiger charge is -2.12. The highest BCUT2D eigenvalue weighted by atomic mass is 127. The SMILES string of the molecule is Cc1cccc(CNc2ccc(Cl)cc2I)c1C. The van der Waals surface area contributed by atoms with E-state index in [1.165, 1.54) is 16.7 Å². The zero-order valence-corrected chi connectivity index (χ0v) is 13.3. The fraction of sp³-hybridized carbons (Fsp3) is 0.200. The van der Waals surface area contributed by atoms with Crippen LogP contribution in [0.15, 0.2) is 36.4 Å². The van der Waals surface area contributed by atoms with Gasteiger partial charge in [-0.25, -0.2) is 0 Å². The Morgan fingerprint density at radius 3 is 2.67 bits per heavy atom. The number of rotatable bonds is 3. The molecule has 2 aromatic carbocycles. The first-order valence-corrected chi connectivity index (χ1v) is 7.27. The maximum atomic E-state index is 5.95. The van der Waals surface area contributed by atoms with Crippen LogP contribution in [0.1, 0.15) is 16.7 Å². The van der Waals surface area contributed by atoms with E-state index in [0.29, 0.717) is 0 Å². The van der Waals surface area contributed by atoms with E-state index in [-0.39, 0.29) is 0 Å². The topological polar surface area (TPSA) is 12.0 Å². The van der Waals surface area contributed by atoms with Crippen molar-refractivity contribution in [3.8, 4) is 0 Å². The zero-order chi connectivity index (χ0) is 13.1. The largest absolute Gasteiger partial charge is 0.380 e. The minimum Gasteiger partial charge on any atom is -0.380 e. The van der Waals surface area contributed by atoms with Gasteiger partial charge in [0, 0.05) is 20.8 Å². The first-order chi connectivity index (χ1) is 8.58. The summed E-state index contributed by atoms with van der Waals surface area (Å²) in [5, 5.41) is 4.23. The zero-order valence-electron chi connectivity index (χ0n) is 10.4. The lowest BCUT2D eigenvalue weighted by atomic mass is 10.0. The Labute approximate surface area is 127 Å². The third-order valence-electron chi connectivity index (χ3n) is 3.12. The van der Waals surface area contributed by atoms with Crippen LogP contribution in [0.2, 0.25) is 5.02 Å². The first-order valence-electron chi connectivity index (χ1n) is 5.82. The van der Waals surface area contributed by atoms with Gasteiger partial charge in [-0.1, -0.05) is 29.8 Å². The summed E-state index contributed by atoms with van der Waals surface area (Å²) in [5.74, 6) is 0. The highest BCUT2D eigenvalue weighted by Gasteiger charge is 2.03. The third-order valence-corrected chi connectivity index (χ3v) is 4.24. The molecule has 1 nitrogen and oxygen atoms in total. The molecule has 0 unspecified atom stereocenters. The Morgan fingerprint density at radius 2 is 1.94 bits per heavy atom. The van der Waals surface area contributed by atoms with E-state index in [2.05, 4.69) is 60.0 Å². The molecule has 0 aliphatic heterocycles. The number of hydrogen-bond donors (Lipinski definition) is 1. The van der Waals surface area contributed by atoms with Crippen molar-refractivity contribution in [3.05, 3.63) is 61.7 Å². The van der Waals surface area contributed by atoms with E-state index < -0.39 is 0 Å². The average molecular weight is 372 g/mol. The van der Waals surface area contributed by atoms with E-state index in [1.54, 1.807) is 0 Å². The average Bonchev–Trinajstić information content (AvgIpc) is 2.33. The smallest absolute Gasteiger partial charge is 0.0479 e. The van der Waals surface area contributed by atoms with Gasteiger partial charge in [-0.2, -0.15) is 0 Å². The van der Waals surface area contributed by atoms with Crippen LogP contribution in [0.5, 0.6) is 0 Å². The fourth-order valence-corrected chi connectivity index (χ4v) is 2.89. The summed E-state index contributed by atoms with van der Waals surface area (Å²) in [5.41, 5.74) is 5.15. The second kappa shape index (κ2) is 5.93. The highest BCUT2D eigenvalue weighted by Crippen LogP contribution is 2.23. The van der Waals surface area contributed by atoms with Crippen molar-refractivity contribution < 1.29 is 0 Å². The molecule has 3 heteroatoms. The van der Waals surface area contributed by atoms with E-state index in [0.717, 1.165) is 20.8 Å². The quantitative estimate of drug-likeness (QED) is 0.734. The van der Waals surface area contributed by atoms with Crippen molar-refractivity contribution in [3.63, 3.8) is 0 Å². The Hall–Kier alpha value is -0.740. The normalized spacial score (nSPS) is 10.4. The lowest BCUT2D eigenvalue weighted by Crippen LogP contribution is -2.03. The molecule has 0 aliphatic carbocycles. The highest BCUT2D eigenvalue weighted by molar-refractivity contribution is 14.1. The maximum Gasteiger partial charge on any atom is 0.0479 e. The van der Waals surface area contributed by atoms with Gasteiger partial charge in [0.05, 0.1) is 0 Å². The Kier molecular flexibility index (Phi) is 4.51. The number of nitrogens with one attached hydrogen (secondary N) is 1. The van der Waals surface area contributed by atoms with Crippen LogP contribution in [0.3, 0.4) is 0 Å². The van der Waals surface area contributed by atoms with Crippen LogP contribution < -0.4 is 5.32 Å². The van der Waals surface area contributed by atoms with Crippen molar-refractivity contribution >= 4 is 39.9 Å². The minimum atomic E-state index is 0.775. The standard InChI is InChI=1S/C15H15ClIN/c1-10-4-3-5-12(11(10)2)9-18-15-7-6-13(16)8-14(15)17/h3-8,18H,9H2,1-2H3. The number of halogens is 2. The van der Waals surface area contributed by atoms with Crippen molar-refractivity contribution in [1.29, 1.82) is 0 Å². The fourth-order valence-electron chi connectivity index (χ4n) is 1.83. The molecule has 2 aromatic rings. The number of benzene rings is 2. The van der Waals surface area contributed by atoms with Crippen LogP contribution in [0.25, 0.3) is 0 Å². The second-order valence-electron chi connectivity index (χ2n) is 4.34. The molecular formula is C15H15ClIN. The summed E-state index contributed by atoms with van der Waals surface area (Å²) in [6.45, 7) is 5.15. The molecular weight excluding hydrogens is 357 g/mol. The van der Waals surface area contributed by atoms with Gasteiger partial charge in [0.15, 0.2) is 0 Å². The molecule has 0 spiro atoms. The maximum absolute atomic E-state index is 5.95.